The zero-order valence-corrected chi connectivity index (χ0v) is 20.6. The van der Waals surface area contributed by atoms with Crippen molar-refractivity contribution in [1.82, 2.24) is 10.2 Å². The standard InChI is InChI=1S/C25H31N3O8/c1-5-27-9-11-8-14(29)16-12(21(11)36-4)6-10-7-13-18(28(2)3)20(31)17(24(26)34)23(33)25(13,35)22(32)15(10)19(16)30/h8,10,13,18,27,29,31-32,35H,5-7,9H2,1-4H3,(H2,26,34)/t10-,13-,18-,25-/m0/s1. The van der Waals surface area contributed by atoms with Crippen LogP contribution < -0.4 is 15.8 Å². The molecule has 0 aromatic heterocycles. The van der Waals surface area contributed by atoms with E-state index in [0.717, 1.165) is 0 Å². The molecule has 0 fully saturated rings. The minimum atomic E-state index is -2.66. The number of phenols is 1. The van der Waals surface area contributed by atoms with Gasteiger partial charge in [-0.05, 0) is 45.5 Å². The van der Waals surface area contributed by atoms with E-state index in [1.54, 1.807) is 14.1 Å². The molecule has 11 heteroatoms. The number of likely N-dealkylation sites (N-methyl/N-ethyl adjacent to an activating group) is 1. The average molecular weight is 502 g/mol. The summed E-state index contributed by atoms with van der Waals surface area (Å²) in [5.41, 5.74) is 2.68. The first-order chi connectivity index (χ1) is 16.9. The van der Waals surface area contributed by atoms with E-state index in [4.69, 9.17) is 10.5 Å². The first kappa shape index (κ1) is 25.7. The summed E-state index contributed by atoms with van der Waals surface area (Å²) in [6.45, 7) is 2.99. The second kappa shape index (κ2) is 8.91. The van der Waals surface area contributed by atoms with Crippen LogP contribution in [-0.4, -0.2) is 82.2 Å². The van der Waals surface area contributed by atoms with Crippen LogP contribution in [-0.2, 0) is 22.6 Å². The summed E-state index contributed by atoms with van der Waals surface area (Å²) in [6.07, 6.45) is 0.193. The van der Waals surface area contributed by atoms with Crippen molar-refractivity contribution in [3.05, 3.63) is 45.4 Å². The lowest BCUT2D eigenvalue weighted by atomic mass is 9.58. The molecule has 11 nitrogen and oxygen atoms in total. The molecular formula is C25H31N3O8. The van der Waals surface area contributed by atoms with Crippen LogP contribution in [0, 0.1) is 11.8 Å². The Balaban J connectivity index is 1.94. The van der Waals surface area contributed by atoms with Crippen LogP contribution in [0.4, 0.5) is 0 Å². The maximum atomic E-state index is 13.7. The number of carbonyl (C=O) groups is 3. The van der Waals surface area contributed by atoms with Gasteiger partial charge in [-0.15, -0.1) is 0 Å². The SMILES string of the molecule is CCNCc1cc(O)c2c(c1OC)C[C@H]1C[C@H]3[C@H](N(C)C)C(O)=C(C(N)=O)C(=O)[C@@]3(O)C(O)=C1C2=O. The average Bonchev–Trinajstić information content (AvgIpc) is 2.79. The Morgan fingerprint density at radius 3 is 2.50 bits per heavy atom. The molecule has 0 saturated carbocycles. The van der Waals surface area contributed by atoms with E-state index < -0.39 is 58.0 Å². The molecule has 0 radical (unpaired) electrons. The van der Waals surface area contributed by atoms with Gasteiger partial charge in [0.1, 0.15) is 28.6 Å². The van der Waals surface area contributed by atoms with Gasteiger partial charge in [0.05, 0.1) is 18.7 Å². The third-order valence-electron chi connectivity index (χ3n) is 7.52. The van der Waals surface area contributed by atoms with Crippen molar-refractivity contribution in [1.29, 1.82) is 0 Å². The van der Waals surface area contributed by atoms with Gasteiger partial charge in [-0.1, -0.05) is 6.92 Å². The van der Waals surface area contributed by atoms with Crippen LogP contribution in [0.1, 0.15) is 34.8 Å². The maximum Gasteiger partial charge on any atom is 0.255 e. The number of aliphatic hydroxyl groups excluding tert-OH is 2. The minimum Gasteiger partial charge on any atom is -0.510 e. The molecule has 4 atom stereocenters. The van der Waals surface area contributed by atoms with Crippen LogP contribution in [0.5, 0.6) is 11.5 Å². The number of Topliss-reactive ketones (excluding diaryl/α,β-unsaturated/α-hetero) is 2. The number of hydrogen-bond donors (Lipinski definition) is 6. The third-order valence-corrected chi connectivity index (χ3v) is 7.52. The van der Waals surface area contributed by atoms with Gasteiger partial charge >= 0.3 is 0 Å². The maximum absolute atomic E-state index is 13.7. The van der Waals surface area contributed by atoms with Crippen molar-refractivity contribution in [3.63, 3.8) is 0 Å². The molecule has 36 heavy (non-hydrogen) atoms. The number of nitrogens with one attached hydrogen (secondary N) is 1. The van der Waals surface area contributed by atoms with E-state index in [1.165, 1.54) is 18.1 Å². The van der Waals surface area contributed by atoms with E-state index in [-0.39, 0.29) is 29.7 Å². The number of ether oxygens (including phenoxy) is 1. The van der Waals surface area contributed by atoms with Gasteiger partial charge < -0.3 is 36.2 Å². The number of aliphatic hydroxyl groups is 3. The lowest BCUT2D eigenvalue weighted by Crippen LogP contribution is -2.63. The molecule has 1 amide bonds. The van der Waals surface area contributed by atoms with E-state index in [0.29, 0.717) is 30.0 Å². The van der Waals surface area contributed by atoms with Gasteiger partial charge in [-0.2, -0.15) is 0 Å². The van der Waals surface area contributed by atoms with Crippen LogP contribution in [0.15, 0.2) is 28.7 Å². The lowest BCUT2D eigenvalue weighted by Gasteiger charge is -2.50. The third kappa shape index (κ3) is 3.41. The Kier molecular flexibility index (Phi) is 6.36. The predicted octanol–water partition coefficient (Wildman–Crippen LogP) is 0.239. The molecule has 1 aromatic rings. The van der Waals surface area contributed by atoms with Crippen LogP contribution in [0.3, 0.4) is 0 Å². The summed E-state index contributed by atoms with van der Waals surface area (Å²) < 4.78 is 5.62. The van der Waals surface area contributed by atoms with Crippen LogP contribution >= 0.6 is 0 Å². The predicted molar refractivity (Wildman–Crippen MR) is 128 cm³/mol. The van der Waals surface area contributed by atoms with Gasteiger partial charge in [0.25, 0.3) is 5.91 Å². The molecule has 0 unspecified atom stereocenters. The number of benzene rings is 1. The monoisotopic (exact) mass is 501 g/mol. The molecule has 4 rings (SSSR count). The van der Waals surface area contributed by atoms with E-state index in [1.807, 2.05) is 6.92 Å². The van der Waals surface area contributed by atoms with Gasteiger partial charge in [-0.3, -0.25) is 19.3 Å². The Morgan fingerprint density at radius 2 is 1.94 bits per heavy atom. The van der Waals surface area contributed by atoms with E-state index >= 15 is 0 Å². The highest BCUT2D eigenvalue weighted by molar-refractivity contribution is 6.24. The molecular weight excluding hydrogens is 470 g/mol. The molecule has 0 spiro atoms. The number of carbonyl (C=O) groups excluding carboxylic acids is 3. The van der Waals surface area contributed by atoms with E-state index in [2.05, 4.69) is 5.32 Å². The smallest absolute Gasteiger partial charge is 0.255 e. The van der Waals surface area contributed by atoms with Crippen molar-refractivity contribution in [3.8, 4) is 11.5 Å². The minimum absolute atomic E-state index is 0.0209. The molecule has 0 aliphatic heterocycles. The Morgan fingerprint density at radius 1 is 1.28 bits per heavy atom. The van der Waals surface area contributed by atoms with Crippen LogP contribution in [0.2, 0.25) is 0 Å². The number of amides is 1. The molecule has 3 aliphatic carbocycles. The van der Waals surface area contributed by atoms with Crippen molar-refractivity contribution >= 4 is 17.5 Å². The summed E-state index contributed by atoms with van der Waals surface area (Å²) in [5.74, 6) is -6.37. The number of methoxy groups -OCH3 is 1. The molecule has 7 N–H and O–H groups in total. The Hall–Kier alpha value is -3.41. The second-order valence-corrected chi connectivity index (χ2v) is 9.69. The normalized spacial score (nSPS) is 27.7. The Labute approximate surface area is 207 Å². The van der Waals surface area contributed by atoms with Gasteiger partial charge in [0, 0.05) is 29.2 Å². The first-order valence-electron chi connectivity index (χ1n) is 11.7. The highest BCUT2D eigenvalue weighted by atomic mass is 16.5. The molecule has 0 heterocycles. The zero-order valence-electron chi connectivity index (χ0n) is 20.6. The highest BCUT2D eigenvalue weighted by Gasteiger charge is 2.63. The fourth-order valence-electron chi connectivity index (χ4n) is 6.01. The fraction of sp³-hybridized carbons (Fsp3) is 0.480. The summed E-state index contributed by atoms with van der Waals surface area (Å²) in [7, 11) is 4.63. The highest BCUT2D eigenvalue weighted by Crippen LogP contribution is 2.53. The Bertz CT molecular complexity index is 1230. The quantitative estimate of drug-likeness (QED) is 0.295. The topological polar surface area (TPSA) is 183 Å². The number of fused-ring (bicyclic) bond motifs is 3. The number of ketones is 2. The zero-order chi connectivity index (χ0) is 26.7. The molecule has 0 bridgehead atoms. The number of nitrogens with zero attached hydrogens (tertiary/aromatic N) is 1. The molecule has 1 aromatic carbocycles. The number of rotatable bonds is 6. The van der Waals surface area contributed by atoms with Crippen LogP contribution in [0.25, 0.3) is 0 Å². The van der Waals surface area contributed by atoms with E-state index in [9.17, 15) is 34.8 Å². The first-order valence-corrected chi connectivity index (χ1v) is 11.7. The van der Waals surface area contributed by atoms with Crippen molar-refractivity contribution in [2.24, 2.45) is 17.6 Å². The fourth-order valence-corrected chi connectivity index (χ4v) is 6.01. The summed E-state index contributed by atoms with van der Waals surface area (Å²) >= 11 is 0. The summed E-state index contributed by atoms with van der Waals surface area (Å²) in [6, 6.07) is 0.377. The molecule has 0 saturated heterocycles. The van der Waals surface area contributed by atoms with Gasteiger partial charge in [0.2, 0.25) is 5.78 Å². The largest absolute Gasteiger partial charge is 0.510 e. The van der Waals surface area contributed by atoms with Gasteiger partial charge in [-0.25, -0.2) is 0 Å². The van der Waals surface area contributed by atoms with Crippen molar-refractivity contribution in [2.45, 2.75) is 38.0 Å². The van der Waals surface area contributed by atoms with Crippen molar-refractivity contribution < 1.29 is 39.5 Å². The number of phenolic OH excluding ortho intramolecular Hbond substituents is 1. The number of hydrogen-bond acceptors (Lipinski definition) is 10. The summed E-state index contributed by atoms with van der Waals surface area (Å²) in [5, 5.41) is 47.6. The molecule has 3 aliphatic rings. The number of primary amides is 1. The van der Waals surface area contributed by atoms with Gasteiger partial charge in [0.15, 0.2) is 11.4 Å². The number of nitrogens with two attached hydrogens (primary N) is 1. The number of aromatic hydroxyl groups is 1. The number of allylic oxidation sites excluding steroid dienone is 1. The lowest BCUT2D eigenvalue weighted by molar-refractivity contribution is -0.148. The van der Waals surface area contributed by atoms with Crippen molar-refractivity contribution in [2.75, 3.05) is 27.7 Å². The molecule has 194 valence electrons. The second-order valence-electron chi connectivity index (χ2n) is 9.69. The summed E-state index contributed by atoms with van der Waals surface area (Å²) in [4.78, 5) is 40.5.